The molecule has 3 rings (SSSR count). The van der Waals surface area contributed by atoms with Gasteiger partial charge >= 0.3 is 0 Å². The Balaban J connectivity index is 0.000000784. The van der Waals surface area contributed by atoms with Gasteiger partial charge in [-0.25, -0.2) is 4.98 Å². The van der Waals surface area contributed by atoms with Gasteiger partial charge in [-0.2, -0.15) is 8.42 Å². The summed E-state index contributed by atoms with van der Waals surface area (Å²) in [6, 6.07) is 9.40. The third-order valence-corrected chi connectivity index (χ3v) is 6.08. The van der Waals surface area contributed by atoms with Gasteiger partial charge in [0.05, 0.1) is 6.26 Å². The van der Waals surface area contributed by atoms with E-state index >= 15 is 0 Å². The summed E-state index contributed by atoms with van der Waals surface area (Å²) >= 11 is 12.2. The number of pyridine rings is 1. The molecule has 35 heavy (non-hydrogen) atoms. The van der Waals surface area contributed by atoms with Crippen molar-refractivity contribution in [3.8, 4) is 0 Å². The number of hydrogen-bond donors (Lipinski definition) is 2. The number of aryl methyl sites for hydroxylation is 1. The number of aromatic nitrogens is 1. The predicted octanol–water partition coefficient (Wildman–Crippen LogP) is 4.22. The second-order valence-corrected chi connectivity index (χ2v) is 11.3. The van der Waals surface area contributed by atoms with Crippen LogP contribution in [0.2, 0.25) is 10.0 Å². The number of anilines is 1. The Kier molecular flexibility index (Phi) is 11.2. The molecule has 2 aromatic rings. The first kappa shape index (κ1) is 29.3. The van der Waals surface area contributed by atoms with Crippen LogP contribution in [0.4, 0.5) is 5.82 Å². The zero-order valence-corrected chi connectivity index (χ0v) is 22.7. The molecule has 2 heterocycles. The van der Waals surface area contributed by atoms with Crippen LogP contribution >= 0.6 is 23.2 Å². The summed E-state index contributed by atoms with van der Waals surface area (Å²) in [5.74, 6) is 1.63. The molecule has 0 radical (unpaired) electrons. The second kappa shape index (κ2) is 13.4. The molecule has 0 bridgehead atoms. The highest BCUT2D eigenvalue weighted by molar-refractivity contribution is 7.85. The van der Waals surface area contributed by atoms with Gasteiger partial charge in [-0.15, -0.1) is 0 Å². The van der Waals surface area contributed by atoms with Gasteiger partial charge in [-0.1, -0.05) is 49.2 Å². The SMILES string of the molecule is CC(C)C[C@@H](N)c1cccnc1N1CCN(C(=O)CCc2ccc(Cl)cc2Cl)CC1.CS(=O)(=O)O. The van der Waals surface area contributed by atoms with E-state index in [2.05, 4.69) is 29.8 Å². The molecule has 11 heteroatoms. The number of carbonyl (C=O) groups is 1. The third kappa shape index (κ3) is 10.3. The molecule has 0 unspecified atom stereocenters. The molecule has 194 valence electrons. The molecule has 0 aliphatic carbocycles. The molecule has 1 aliphatic heterocycles. The lowest BCUT2D eigenvalue weighted by Gasteiger charge is -2.37. The summed E-state index contributed by atoms with van der Waals surface area (Å²) in [5, 5.41) is 1.22. The first-order valence-electron chi connectivity index (χ1n) is 11.4. The summed E-state index contributed by atoms with van der Waals surface area (Å²) in [6.45, 7) is 7.23. The predicted molar refractivity (Wildman–Crippen MR) is 142 cm³/mol. The maximum Gasteiger partial charge on any atom is 0.261 e. The molecule has 1 saturated heterocycles. The number of benzene rings is 1. The minimum atomic E-state index is -3.67. The van der Waals surface area contributed by atoms with E-state index in [1.807, 2.05) is 23.2 Å². The number of amides is 1. The van der Waals surface area contributed by atoms with Crippen LogP contribution in [0.15, 0.2) is 36.5 Å². The molecule has 1 amide bonds. The van der Waals surface area contributed by atoms with Gasteiger partial charge in [0.2, 0.25) is 5.91 Å². The number of rotatable bonds is 7. The molecule has 8 nitrogen and oxygen atoms in total. The maximum absolute atomic E-state index is 12.7. The standard InChI is InChI=1S/C23H30Cl2N4O.CH4O3S/c1-16(2)14-21(26)19-4-3-9-27-23(19)29-12-10-28(11-13-29)22(30)8-6-17-5-7-18(24)15-20(17)25;1-5(2,3)4/h3-5,7,9,15-16,21H,6,8,10-14,26H2,1-2H3;1H3,(H,2,3,4)/t21-;/m1./s1. The lowest BCUT2D eigenvalue weighted by atomic mass is 9.98. The highest BCUT2D eigenvalue weighted by atomic mass is 35.5. The number of nitrogens with zero attached hydrogens (tertiary/aromatic N) is 3. The van der Waals surface area contributed by atoms with Crippen LogP contribution in [0.3, 0.4) is 0 Å². The second-order valence-electron chi connectivity index (χ2n) is 8.99. The monoisotopic (exact) mass is 544 g/mol. The quantitative estimate of drug-likeness (QED) is 0.501. The van der Waals surface area contributed by atoms with Gasteiger partial charge in [-0.05, 0) is 42.5 Å². The summed E-state index contributed by atoms with van der Waals surface area (Å²) in [6.07, 6.45) is 4.50. The van der Waals surface area contributed by atoms with Crippen molar-refractivity contribution in [2.45, 2.75) is 39.2 Å². The molecule has 1 aromatic heterocycles. The Morgan fingerprint density at radius 2 is 1.80 bits per heavy atom. The van der Waals surface area contributed by atoms with Crippen LogP contribution in [0.1, 0.15) is 43.9 Å². The van der Waals surface area contributed by atoms with E-state index in [1.54, 1.807) is 12.1 Å². The van der Waals surface area contributed by atoms with Crippen LogP contribution in [0, 0.1) is 5.92 Å². The van der Waals surface area contributed by atoms with Crippen LogP contribution in [0.25, 0.3) is 0 Å². The Hall–Kier alpha value is -1.91. The lowest BCUT2D eigenvalue weighted by molar-refractivity contribution is -0.131. The largest absolute Gasteiger partial charge is 0.353 e. The van der Waals surface area contributed by atoms with Crippen molar-refractivity contribution >= 4 is 45.0 Å². The van der Waals surface area contributed by atoms with Gasteiger partial charge in [0.25, 0.3) is 10.1 Å². The van der Waals surface area contributed by atoms with E-state index in [4.69, 9.17) is 33.5 Å². The summed E-state index contributed by atoms with van der Waals surface area (Å²) in [4.78, 5) is 21.5. The van der Waals surface area contributed by atoms with Crippen LogP contribution in [-0.2, 0) is 21.3 Å². The maximum atomic E-state index is 12.7. The molecule has 0 spiro atoms. The van der Waals surface area contributed by atoms with E-state index in [0.29, 0.717) is 48.2 Å². The molecule has 1 aliphatic rings. The Morgan fingerprint density at radius 1 is 1.17 bits per heavy atom. The van der Waals surface area contributed by atoms with Crippen LogP contribution < -0.4 is 10.6 Å². The molecule has 1 fully saturated rings. The van der Waals surface area contributed by atoms with E-state index in [1.165, 1.54) is 0 Å². The fourth-order valence-corrected chi connectivity index (χ4v) is 4.39. The Bertz CT molecular complexity index is 1080. The zero-order chi connectivity index (χ0) is 26.2. The minimum Gasteiger partial charge on any atom is -0.353 e. The van der Waals surface area contributed by atoms with Crippen molar-refractivity contribution in [1.82, 2.24) is 9.88 Å². The van der Waals surface area contributed by atoms with Gasteiger partial charge in [0.15, 0.2) is 0 Å². The average Bonchev–Trinajstić information content (AvgIpc) is 2.77. The van der Waals surface area contributed by atoms with E-state index in [0.717, 1.165) is 36.5 Å². The topological polar surface area (TPSA) is 117 Å². The first-order chi connectivity index (χ1) is 16.3. The highest BCUT2D eigenvalue weighted by Gasteiger charge is 2.24. The number of piperazine rings is 1. The van der Waals surface area contributed by atoms with Gasteiger partial charge in [0, 0.05) is 60.4 Å². The van der Waals surface area contributed by atoms with E-state index in [9.17, 15) is 13.2 Å². The van der Waals surface area contributed by atoms with E-state index in [-0.39, 0.29) is 11.9 Å². The van der Waals surface area contributed by atoms with Crippen molar-refractivity contribution in [2.75, 3.05) is 37.3 Å². The minimum absolute atomic E-state index is 0.0301. The van der Waals surface area contributed by atoms with Crippen molar-refractivity contribution in [3.63, 3.8) is 0 Å². The molecule has 0 saturated carbocycles. The summed E-state index contributed by atoms with van der Waals surface area (Å²) in [5.41, 5.74) is 8.48. The molecule has 3 N–H and O–H groups in total. The highest BCUT2D eigenvalue weighted by Crippen LogP contribution is 2.28. The van der Waals surface area contributed by atoms with Crippen LogP contribution in [-0.4, -0.2) is 61.2 Å². The molecular weight excluding hydrogens is 511 g/mol. The number of nitrogens with two attached hydrogens (primary N) is 1. The third-order valence-electron chi connectivity index (χ3n) is 5.50. The van der Waals surface area contributed by atoms with E-state index < -0.39 is 10.1 Å². The number of halogens is 2. The lowest BCUT2D eigenvalue weighted by Crippen LogP contribution is -2.49. The summed E-state index contributed by atoms with van der Waals surface area (Å²) in [7, 11) is -3.67. The van der Waals surface area contributed by atoms with Crippen molar-refractivity contribution in [3.05, 3.63) is 57.7 Å². The number of carbonyl (C=O) groups excluding carboxylic acids is 1. The smallest absolute Gasteiger partial charge is 0.261 e. The van der Waals surface area contributed by atoms with Gasteiger partial charge in [-0.3, -0.25) is 9.35 Å². The Morgan fingerprint density at radius 3 is 2.37 bits per heavy atom. The van der Waals surface area contributed by atoms with Gasteiger partial charge < -0.3 is 15.5 Å². The van der Waals surface area contributed by atoms with Gasteiger partial charge in [0.1, 0.15) is 5.82 Å². The van der Waals surface area contributed by atoms with Crippen LogP contribution in [0.5, 0.6) is 0 Å². The van der Waals surface area contributed by atoms with Crippen molar-refractivity contribution in [2.24, 2.45) is 11.7 Å². The summed E-state index contributed by atoms with van der Waals surface area (Å²) < 4.78 is 25.9. The zero-order valence-electron chi connectivity index (χ0n) is 20.3. The average molecular weight is 546 g/mol. The van der Waals surface area contributed by atoms with Crippen molar-refractivity contribution < 1.29 is 17.8 Å². The molecule has 1 aromatic carbocycles. The fourth-order valence-electron chi connectivity index (χ4n) is 3.89. The first-order valence-corrected chi connectivity index (χ1v) is 14.0. The fraction of sp³-hybridized carbons (Fsp3) is 0.500. The molecule has 1 atom stereocenters. The van der Waals surface area contributed by atoms with Crippen molar-refractivity contribution in [1.29, 1.82) is 0 Å². The molecular formula is C24H34Cl2N4O4S. The normalized spacial score (nSPS) is 15.0. The Labute approximate surface area is 218 Å². The number of hydrogen-bond acceptors (Lipinski definition) is 6.